The quantitative estimate of drug-likeness (QED) is 0.544. The lowest BCUT2D eigenvalue weighted by molar-refractivity contribution is 0.0726. The predicted octanol–water partition coefficient (Wildman–Crippen LogP) is 2.24. The molecule has 1 fully saturated rings. The van der Waals surface area contributed by atoms with E-state index >= 15 is 0 Å². The molecule has 152 valence electrons. The van der Waals surface area contributed by atoms with Crippen molar-refractivity contribution < 1.29 is 9.90 Å². The van der Waals surface area contributed by atoms with Crippen molar-refractivity contribution in [2.45, 2.75) is 25.4 Å². The van der Waals surface area contributed by atoms with Crippen molar-refractivity contribution in [3.63, 3.8) is 0 Å². The lowest BCUT2D eigenvalue weighted by atomic mass is 10.1. The molecule has 1 unspecified atom stereocenters. The maximum Gasteiger partial charge on any atom is 0.261 e. The second-order valence-corrected chi connectivity index (χ2v) is 7.46. The van der Waals surface area contributed by atoms with Crippen LogP contribution >= 0.6 is 0 Å². The highest BCUT2D eigenvalue weighted by Gasteiger charge is 2.34. The molecule has 1 aliphatic rings. The van der Waals surface area contributed by atoms with Gasteiger partial charge in [-0.3, -0.25) is 14.2 Å². The van der Waals surface area contributed by atoms with E-state index < -0.39 is 0 Å². The number of imidazole rings is 1. The number of likely N-dealkylation sites (tertiary alicyclic amines) is 1. The topological polar surface area (TPSA) is 104 Å². The Labute approximate surface area is 171 Å². The van der Waals surface area contributed by atoms with Gasteiger partial charge in [0.05, 0.1) is 47.5 Å². The summed E-state index contributed by atoms with van der Waals surface area (Å²) in [5.41, 5.74) is 2.58. The van der Waals surface area contributed by atoms with Gasteiger partial charge < -0.3 is 15.0 Å². The van der Waals surface area contributed by atoms with E-state index in [0.29, 0.717) is 35.3 Å². The van der Waals surface area contributed by atoms with Crippen molar-refractivity contribution >= 4 is 27.8 Å². The van der Waals surface area contributed by atoms with E-state index in [2.05, 4.69) is 9.97 Å². The van der Waals surface area contributed by atoms with Gasteiger partial charge >= 0.3 is 0 Å². The van der Waals surface area contributed by atoms with Crippen molar-refractivity contribution in [1.82, 2.24) is 24.4 Å². The third kappa shape index (κ3) is 2.96. The van der Waals surface area contributed by atoms with E-state index in [1.54, 1.807) is 41.6 Å². The van der Waals surface area contributed by atoms with Crippen LogP contribution in [0.5, 0.6) is 0 Å². The highest BCUT2D eigenvalue weighted by atomic mass is 16.3. The third-order valence-corrected chi connectivity index (χ3v) is 5.69. The van der Waals surface area contributed by atoms with Gasteiger partial charge in [0.15, 0.2) is 0 Å². The fraction of sp³-hybridized carbons (Fsp3) is 0.273. The molecule has 1 aliphatic heterocycles. The zero-order valence-corrected chi connectivity index (χ0v) is 16.3. The number of H-pyrrole nitrogens is 1. The Balaban J connectivity index is 1.59. The number of nitrogens with zero attached hydrogens (tertiary/aromatic N) is 4. The van der Waals surface area contributed by atoms with Crippen molar-refractivity contribution in [3.8, 4) is 0 Å². The largest absolute Gasteiger partial charge is 0.395 e. The fourth-order valence-corrected chi connectivity index (χ4v) is 4.27. The lowest BCUT2D eigenvalue weighted by Gasteiger charge is -2.26. The minimum atomic E-state index is -0.321. The van der Waals surface area contributed by atoms with Crippen LogP contribution in [0, 0.1) is 0 Å². The molecule has 0 bridgehead atoms. The molecular weight excluding hydrogens is 382 g/mol. The summed E-state index contributed by atoms with van der Waals surface area (Å²) >= 11 is 0. The number of hydrogen-bond acceptors (Lipinski definition) is 5. The summed E-state index contributed by atoms with van der Waals surface area (Å²) in [7, 11) is 0. The Morgan fingerprint density at radius 1 is 1.20 bits per heavy atom. The van der Waals surface area contributed by atoms with Gasteiger partial charge in [0.2, 0.25) is 0 Å². The van der Waals surface area contributed by atoms with Crippen LogP contribution in [0.3, 0.4) is 0 Å². The summed E-state index contributed by atoms with van der Waals surface area (Å²) in [6.07, 6.45) is 3.14. The first-order valence-corrected chi connectivity index (χ1v) is 10.0. The number of rotatable bonds is 4. The van der Waals surface area contributed by atoms with Crippen LogP contribution < -0.4 is 5.56 Å². The summed E-state index contributed by atoms with van der Waals surface area (Å²) in [4.78, 5) is 40.2. The number of para-hydroxylation sites is 1. The van der Waals surface area contributed by atoms with E-state index in [1.807, 2.05) is 12.1 Å². The smallest absolute Gasteiger partial charge is 0.261 e. The second-order valence-electron chi connectivity index (χ2n) is 7.46. The number of nitrogens with one attached hydrogen (secondary N) is 1. The van der Waals surface area contributed by atoms with Crippen molar-refractivity contribution in [2.24, 2.45) is 0 Å². The average Bonchev–Trinajstić information content (AvgIpc) is 3.44. The molecule has 4 aromatic rings. The first-order valence-electron chi connectivity index (χ1n) is 10.0. The summed E-state index contributed by atoms with van der Waals surface area (Å²) in [5, 5.41) is 10.0. The van der Waals surface area contributed by atoms with E-state index in [0.717, 1.165) is 17.5 Å². The van der Waals surface area contributed by atoms with Crippen LogP contribution in [0.4, 0.5) is 0 Å². The van der Waals surface area contributed by atoms with Crippen LogP contribution in [0.2, 0.25) is 0 Å². The molecule has 3 heterocycles. The van der Waals surface area contributed by atoms with E-state index in [1.165, 1.54) is 4.57 Å². The Kier molecular flexibility index (Phi) is 4.55. The number of aromatic amines is 1. The molecular formula is C22H21N5O3. The molecule has 1 saturated heterocycles. The normalized spacial score (nSPS) is 16.6. The highest BCUT2D eigenvalue weighted by Crippen LogP contribution is 2.32. The summed E-state index contributed by atoms with van der Waals surface area (Å²) in [6, 6.07) is 12.2. The fourth-order valence-electron chi connectivity index (χ4n) is 4.27. The molecule has 0 aliphatic carbocycles. The maximum atomic E-state index is 13.3. The number of aliphatic hydroxyl groups is 1. The van der Waals surface area contributed by atoms with Gasteiger partial charge in [0.1, 0.15) is 5.82 Å². The Morgan fingerprint density at radius 3 is 2.93 bits per heavy atom. The zero-order valence-electron chi connectivity index (χ0n) is 16.3. The molecule has 0 spiro atoms. The molecule has 8 heteroatoms. The van der Waals surface area contributed by atoms with Gasteiger partial charge in [-0.25, -0.2) is 9.97 Å². The number of benzene rings is 2. The first kappa shape index (κ1) is 18.5. The number of amides is 1. The molecule has 1 amide bonds. The molecule has 2 aromatic carbocycles. The van der Waals surface area contributed by atoms with Crippen molar-refractivity contribution in [1.29, 1.82) is 0 Å². The van der Waals surface area contributed by atoms with Gasteiger partial charge in [-0.2, -0.15) is 0 Å². The summed E-state index contributed by atoms with van der Waals surface area (Å²) in [5.74, 6) is 0.424. The highest BCUT2D eigenvalue weighted by molar-refractivity contribution is 5.97. The zero-order chi connectivity index (χ0) is 20.7. The van der Waals surface area contributed by atoms with Gasteiger partial charge in [-0.1, -0.05) is 12.1 Å². The number of carbonyl (C=O) groups excluding carboxylic acids is 1. The standard InChI is InChI=1S/C22H21N5O3/c28-11-10-27-20(25-16-5-2-1-4-15(16)22(27)30)19-6-3-9-26(19)21(29)14-7-8-17-18(12-14)24-13-23-17/h1-2,4-5,7-8,12-13,19,28H,3,6,9-11H2,(H,23,24). The number of hydrogen-bond donors (Lipinski definition) is 2. The second kappa shape index (κ2) is 7.38. The molecule has 2 N–H and O–H groups in total. The van der Waals surface area contributed by atoms with Crippen LogP contribution in [0.1, 0.15) is 35.1 Å². The lowest BCUT2D eigenvalue weighted by Crippen LogP contribution is -2.36. The minimum absolute atomic E-state index is 0.105. The van der Waals surface area contributed by atoms with E-state index in [9.17, 15) is 14.7 Å². The van der Waals surface area contributed by atoms with Crippen LogP contribution in [0.25, 0.3) is 21.9 Å². The molecule has 30 heavy (non-hydrogen) atoms. The Hall–Kier alpha value is -3.52. The average molecular weight is 403 g/mol. The van der Waals surface area contributed by atoms with Gasteiger partial charge in [0.25, 0.3) is 11.5 Å². The van der Waals surface area contributed by atoms with Crippen LogP contribution in [-0.4, -0.2) is 48.6 Å². The third-order valence-electron chi connectivity index (χ3n) is 5.69. The van der Waals surface area contributed by atoms with Gasteiger partial charge in [0, 0.05) is 12.1 Å². The number of fused-ring (bicyclic) bond motifs is 2. The molecule has 8 nitrogen and oxygen atoms in total. The summed E-state index contributed by atoms with van der Waals surface area (Å²) < 4.78 is 1.51. The van der Waals surface area contributed by atoms with E-state index in [-0.39, 0.29) is 30.7 Å². The number of carbonyl (C=O) groups is 1. The van der Waals surface area contributed by atoms with Crippen LogP contribution in [0.15, 0.2) is 53.6 Å². The Morgan fingerprint density at radius 2 is 2.07 bits per heavy atom. The minimum Gasteiger partial charge on any atom is -0.395 e. The first-order chi connectivity index (χ1) is 14.7. The van der Waals surface area contributed by atoms with Gasteiger partial charge in [-0.15, -0.1) is 0 Å². The SMILES string of the molecule is O=C(c1ccc2nc[nH]c2c1)N1CCCC1c1nc2ccccc2c(=O)n1CCO. The van der Waals surface area contributed by atoms with Gasteiger partial charge in [-0.05, 0) is 43.2 Å². The molecule has 2 aromatic heterocycles. The Bertz CT molecular complexity index is 1310. The predicted molar refractivity (Wildman–Crippen MR) is 112 cm³/mol. The van der Waals surface area contributed by atoms with Crippen molar-refractivity contribution in [2.75, 3.05) is 13.2 Å². The monoisotopic (exact) mass is 403 g/mol. The molecule has 0 radical (unpaired) electrons. The molecule has 5 rings (SSSR count). The summed E-state index contributed by atoms with van der Waals surface area (Å²) in [6.45, 7) is 0.557. The maximum absolute atomic E-state index is 13.3. The molecule has 1 atom stereocenters. The molecule has 0 saturated carbocycles. The van der Waals surface area contributed by atoms with Crippen molar-refractivity contribution in [3.05, 3.63) is 70.5 Å². The van der Waals surface area contributed by atoms with E-state index in [4.69, 9.17) is 4.98 Å². The number of aromatic nitrogens is 4. The van der Waals surface area contributed by atoms with Crippen LogP contribution in [-0.2, 0) is 6.54 Å². The number of aliphatic hydroxyl groups excluding tert-OH is 1.